The number of nitrogens with one attached hydrogen (secondary N) is 2. The zero-order valence-electron chi connectivity index (χ0n) is 12.5. The Balaban J connectivity index is 1.73. The molecule has 3 N–H and O–H groups in total. The molecule has 2 rings (SSSR count). The highest BCUT2D eigenvalue weighted by molar-refractivity contribution is 5.74. The number of hydrogen-bond donors (Lipinski definition) is 3. The van der Waals surface area contributed by atoms with E-state index in [1.165, 1.54) is 12.8 Å². The number of amides is 2. The van der Waals surface area contributed by atoms with Crippen LogP contribution in [0, 0.1) is 16.7 Å². The molecule has 0 spiro atoms. The van der Waals surface area contributed by atoms with Gasteiger partial charge in [-0.25, -0.2) is 4.79 Å². The lowest BCUT2D eigenvalue weighted by molar-refractivity contribution is 0.148. The third-order valence-corrected chi connectivity index (χ3v) is 4.93. The Labute approximate surface area is 116 Å². The van der Waals surface area contributed by atoms with Crippen LogP contribution in [0.3, 0.4) is 0 Å². The third-order valence-electron chi connectivity index (χ3n) is 4.93. The molecule has 2 aliphatic rings. The summed E-state index contributed by atoms with van der Waals surface area (Å²) in [7, 11) is 0. The Hall–Kier alpha value is -0.770. The quantitative estimate of drug-likeness (QED) is 0.732. The average Bonchev–Trinajstić information content (AvgIpc) is 3.10. The molecule has 0 aromatic carbocycles. The first-order valence-electron chi connectivity index (χ1n) is 7.51. The molecule has 0 aromatic heterocycles. The van der Waals surface area contributed by atoms with E-state index in [1.54, 1.807) is 0 Å². The average molecular weight is 268 g/mol. The second-order valence-corrected chi connectivity index (χ2v) is 7.48. The minimum Gasteiger partial charge on any atom is -0.396 e. The van der Waals surface area contributed by atoms with Crippen LogP contribution in [0.2, 0.25) is 0 Å². The molecule has 110 valence electrons. The maximum Gasteiger partial charge on any atom is 0.315 e. The zero-order chi connectivity index (χ0) is 14.1. The topological polar surface area (TPSA) is 61.4 Å². The van der Waals surface area contributed by atoms with E-state index in [-0.39, 0.29) is 24.1 Å². The van der Waals surface area contributed by atoms with Gasteiger partial charge >= 0.3 is 6.03 Å². The molecule has 2 amide bonds. The number of carbonyl (C=O) groups is 1. The summed E-state index contributed by atoms with van der Waals surface area (Å²) in [6.45, 7) is 7.61. The first kappa shape index (κ1) is 14.6. The van der Waals surface area contributed by atoms with E-state index in [9.17, 15) is 9.90 Å². The zero-order valence-corrected chi connectivity index (χ0v) is 12.5. The van der Waals surface area contributed by atoms with Gasteiger partial charge < -0.3 is 15.7 Å². The van der Waals surface area contributed by atoms with Gasteiger partial charge in [-0.2, -0.15) is 0 Å². The Morgan fingerprint density at radius 3 is 2.53 bits per heavy atom. The number of aliphatic hydroxyl groups excluding tert-OH is 1. The second kappa shape index (κ2) is 5.31. The molecule has 0 saturated heterocycles. The highest BCUT2D eigenvalue weighted by Gasteiger charge is 2.42. The molecular weight excluding hydrogens is 240 g/mol. The van der Waals surface area contributed by atoms with Gasteiger partial charge in [0.1, 0.15) is 0 Å². The molecule has 2 aliphatic carbocycles. The van der Waals surface area contributed by atoms with Crippen molar-refractivity contribution < 1.29 is 9.90 Å². The molecule has 0 heterocycles. The summed E-state index contributed by atoms with van der Waals surface area (Å²) >= 11 is 0. The molecule has 2 unspecified atom stereocenters. The van der Waals surface area contributed by atoms with Gasteiger partial charge in [-0.05, 0) is 43.4 Å². The number of rotatable bonds is 4. The number of hydrogen-bond acceptors (Lipinski definition) is 2. The van der Waals surface area contributed by atoms with E-state index in [0.717, 1.165) is 19.3 Å². The van der Waals surface area contributed by atoms with Crippen LogP contribution in [0.15, 0.2) is 0 Å². The molecule has 0 aromatic rings. The van der Waals surface area contributed by atoms with E-state index < -0.39 is 0 Å². The van der Waals surface area contributed by atoms with Gasteiger partial charge in [0.2, 0.25) is 0 Å². The van der Waals surface area contributed by atoms with Gasteiger partial charge in [0.05, 0.1) is 6.61 Å². The fourth-order valence-corrected chi connectivity index (χ4v) is 3.22. The summed E-state index contributed by atoms with van der Waals surface area (Å²) < 4.78 is 0. The molecule has 4 heteroatoms. The minimum atomic E-state index is -0.0729. The van der Waals surface area contributed by atoms with Crippen LogP contribution in [0.5, 0.6) is 0 Å². The number of carbonyl (C=O) groups excluding carboxylic acids is 1. The molecule has 2 fully saturated rings. The predicted molar refractivity (Wildman–Crippen MR) is 75.9 cm³/mol. The van der Waals surface area contributed by atoms with Crippen LogP contribution >= 0.6 is 0 Å². The molecular formula is C15H28N2O2. The third kappa shape index (κ3) is 3.85. The molecule has 4 nitrogen and oxygen atoms in total. The second-order valence-electron chi connectivity index (χ2n) is 7.48. The highest BCUT2D eigenvalue weighted by Crippen LogP contribution is 2.44. The van der Waals surface area contributed by atoms with Gasteiger partial charge in [-0.15, -0.1) is 0 Å². The van der Waals surface area contributed by atoms with Crippen LogP contribution in [0.4, 0.5) is 4.79 Å². The maximum atomic E-state index is 11.9. The van der Waals surface area contributed by atoms with E-state index in [1.807, 2.05) is 0 Å². The monoisotopic (exact) mass is 268 g/mol. The lowest BCUT2D eigenvalue weighted by Crippen LogP contribution is -2.49. The Morgan fingerprint density at radius 1 is 1.32 bits per heavy atom. The fourth-order valence-electron chi connectivity index (χ4n) is 3.22. The fraction of sp³-hybridized carbons (Fsp3) is 0.933. The molecule has 19 heavy (non-hydrogen) atoms. The van der Waals surface area contributed by atoms with Crippen molar-refractivity contribution in [2.24, 2.45) is 16.7 Å². The Bertz CT molecular complexity index is 337. The van der Waals surface area contributed by atoms with Crippen molar-refractivity contribution in [3.8, 4) is 0 Å². The van der Waals surface area contributed by atoms with Gasteiger partial charge in [0.25, 0.3) is 0 Å². The van der Waals surface area contributed by atoms with Crippen LogP contribution in [-0.4, -0.2) is 30.3 Å². The normalized spacial score (nSPS) is 31.6. The van der Waals surface area contributed by atoms with Crippen molar-refractivity contribution in [2.45, 2.75) is 58.9 Å². The van der Waals surface area contributed by atoms with Gasteiger partial charge in [0, 0.05) is 18.0 Å². The van der Waals surface area contributed by atoms with Crippen LogP contribution < -0.4 is 10.6 Å². The Kier molecular flexibility index (Phi) is 4.09. The summed E-state index contributed by atoms with van der Waals surface area (Å²) in [5.74, 6) is 0.530. The summed E-state index contributed by atoms with van der Waals surface area (Å²) in [6, 6.07) is 0.216. The van der Waals surface area contributed by atoms with Crippen molar-refractivity contribution >= 4 is 6.03 Å². The van der Waals surface area contributed by atoms with E-state index in [4.69, 9.17) is 0 Å². The van der Waals surface area contributed by atoms with Crippen LogP contribution in [-0.2, 0) is 0 Å². The standard InChI is InChI=1S/C15H28N2O2/c1-11-8-14(2,3)5-4-12(11)17-13(19)16-9-15(10-18)6-7-15/h11-12,18H,4-10H2,1-3H3,(H2,16,17,19). The molecule has 2 saturated carbocycles. The SMILES string of the molecule is CC1CC(C)(C)CCC1NC(=O)NCC1(CO)CC1. The summed E-state index contributed by atoms with van der Waals surface area (Å²) in [6.07, 6.45) is 5.45. The molecule has 2 atom stereocenters. The van der Waals surface area contributed by atoms with E-state index in [0.29, 0.717) is 17.9 Å². The maximum absolute atomic E-state index is 11.9. The largest absolute Gasteiger partial charge is 0.396 e. The summed E-state index contributed by atoms with van der Waals surface area (Å²) in [5.41, 5.74) is 0.389. The van der Waals surface area contributed by atoms with Crippen molar-refractivity contribution in [3.63, 3.8) is 0 Å². The smallest absolute Gasteiger partial charge is 0.315 e. The predicted octanol–water partition coefficient (Wildman–Crippen LogP) is 2.27. The van der Waals surface area contributed by atoms with E-state index >= 15 is 0 Å². The summed E-state index contributed by atoms with van der Waals surface area (Å²) in [4.78, 5) is 11.9. The van der Waals surface area contributed by atoms with Crippen LogP contribution in [0.1, 0.15) is 52.9 Å². The summed E-state index contributed by atoms with van der Waals surface area (Å²) in [5, 5.41) is 15.2. The van der Waals surface area contributed by atoms with Gasteiger partial charge in [-0.3, -0.25) is 0 Å². The van der Waals surface area contributed by atoms with Crippen molar-refractivity contribution in [2.75, 3.05) is 13.2 Å². The Morgan fingerprint density at radius 2 is 2.00 bits per heavy atom. The first-order chi connectivity index (χ1) is 8.86. The van der Waals surface area contributed by atoms with Crippen LogP contribution in [0.25, 0.3) is 0 Å². The van der Waals surface area contributed by atoms with Gasteiger partial charge in [-0.1, -0.05) is 20.8 Å². The molecule has 0 radical (unpaired) electrons. The van der Waals surface area contributed by atoms with E-state index in [2.05, 4.69) is 31.4 Å². The lowest BCUT2D eigenvalue weighted by Gasteiger charge is -2.39. The van der Waals surface area contributed by atoms with Crippen molar-refractivity contribution in [1.82, 2.24) is 10.6 Å². The molecule has 0 aliphatic heterocycles. The number of urea groups is 1. The first-order valence-corrected chi connectivity index (χ1v) is 7.51. The molecule has 0 bridgehead atoms. The number of aliphatic hydroxyl groups is 1. The van der Waals surface area contributed by atoms with Gasteiger partial charge in [0.15, 0.2) is 0 Å². The van der Waals surface area contributed by atoms with Crippen molar-refractivity contribution in [3.05, 3.63) is 0 Å². The van der Waals surface area contributed by atoms with Crippen molar-refractivity contribution in [1.29, 1.82) is 0 Å². The highest BCUT2D eigenvalue weighted by atomic mass is 16.3. The lowest BCUT2D eigenvalue weighted by atomic mass is 9.70. The minimum absolute atomic E-state index is 0.0164.